The van der Waals surface area contributed by atoms with Gasteiger partial charge in [-0.2, -0.15) is 5.10 Å². The van der Waals surface area contributed by atoms with E-state index in [-0.39, 0.29) is 5.91 Å². The number of carbonyl (C=O) groups is 1. The quantitative estimate of drug-likeness (QED) is 0.803. The number of hydrogen-bond donors (Lipinski definition) is 1. The first kappa shape index (κ1) is 13.9. The van der Waals surface area contributed by atoms with Crippen molar-refractivity contribution < 1.29 is 9.53 Å². The van der Waals surface area contributed by atoms with E-state index in [9.17, 15) is 4.79 Å². The van der Waals surface area contributed by atoms with Gasteiger partial charge in [0.25, 0.3) is 5.91 Å². The van der Waals surface area contributed by atoms with Crippen LogP contribution in [0, 0.1) is 6.92 Å². The van der Waals surface area contributed by atoms with Gasteiger partial charge in [-0.15, -0.1) is 0 Å². The average Bonchev–Trinajstić information content (AvgIpc) is 3.18. The molecule has 6 heteroatoms. The fourth-order valence-corrected chi connectivity index (χ4v) is 2.73. The normalized spacial score (nSPS) is 13.3. The van der Waals surface area contributed by atoms with Crippen molar-refractivity contribution in [2.24, 2.45) is 0 Å². The summed E-state index contributed by atoms with van der Waals surface area (Å²) < 4.78 is 7.01. The monoisotopic (exact) mass is 308 g/mol. The minimum absolute atomic E-state index is 0.171. The number of hydrogen-bond acceptors (Lipinski definition) is 4. The Hall–Kier alpha value is -2.73. The highest BCUT2D eigenvalue weighted by Crippen LogP contribution is 2.20. The van der Waals surface area contributed by atoms with Crippen molar-refractivity contribution in [1.29, 1.82) is 0 Å². The summed E-state index contributed by atoms with van der Waals surface area (Å²) in [5.41, 5.74) is 5.39. The Bertz CT molecular complexity index is 901. The van der Waals surface area contributed by atoms with E-state index in [4.69, 9.17) is 4.74 Å². The third-order valence-electron chi connectivity index (χ3n) is 3.99. The van der Waals surface area contributed by atoms with Gasteiger partial charge in [-0.25, -0.2) is 9.50 Å². The number of fused-ring (bicyclic) bond motifs is 2. The smallest absolute Gasteiger partial charge is 0.257 e. The molecule has 1 aliphatic heterocycles. The van der Waals surface area contributed by atoms with Crippen LogP contribution in [-0.2, 0) is 24.5 Å². The van der Waals surface area contributed by atoms with Gasteiger partial charge >= 0.3 is 0 Å². The van der Waals surface area contributed by atoms with Gasteiger partial charge in [0, 0.05) is 18.4 Å². The lowest BCUT2D eigenvalue weighted by Crippen LogP contribution is -2.23. The van der Waals surface area contributed by atoms with Crippen LogP contribution in [0.15, 0.2) is 36.7 Å². The predicted octanol–water partition coefficient (Wildman–Crippen LogP) is 2.00. The van der Waals surface area contributed by atoms with Crippen LogP contribution in [0.3, 0.4) is 0 Å². The molecule has 0 radical (unpaired) electrons. The first-order valence-corrected chi connectivity index (χ1v) is 7.48. The summed E-state index contributed by atoms with van der Waals surface area (Å²) in [4.78, 5) is 16.8. The zero-order valence-corrected chi connectivity index (χ0v) is 12.7. The molecule has 0 atom stereocenters. The Balaban J connectivity index is 1.52. The first-order chi connectivity index (χ1) is 11.2. The van der Waals surface area contributed by atoms with Gasteiger partial charge in [0.15, 0.2) is 5.65 Å². The number of amides is 1. The standard InChI is InChI=1S/C17H16N4O2/c1-11-4-5-21-16(20-11)15(8-19-21)17(22)18-7-12-2-3-13-9-23-10-14(13)6-12/h2-6,8H,7,9-10H2,1H3,(H,18,22). The van der Waals surface area contributed by atoms with Gasteiger partial charge in [-0.05, 0) is 29.7 Å². The number of carbonyl (C=O) groups excluding carboxylic acids is 1. The molecule has 1 aliphatic rings. The fourth-order valence-electron chi connectivity index (χ4n) is 2.73. The van der Waals surface area contributed by atoms with Crippen LogP contribution in [0.4, 0.5) is 0 Å². The van der Waals surface area contributed by atoms with Crippen molar-refractivity contribution in [1.82, 2.24) is 19.9 Å². The molecule has 0 fully saturated rings. The van der Waals surface area contributed by atoms with E-state index >= 15 is 0 Å². The molecular formula is C17H16N4O2. The molecule has 23 heavy (non-hydrogen) atoms. The molecule has 4 rings (SSSR count). The van der Waals surface area contributed by atoms with Crippen molar-refractivity contribution in [2.45, 2.75) is 26.7 Å². The molecule has 0 bridgehead atoms. The van der Waals surface area contributed by atoms with Crippen LogP contribution in [0.2, 0.25) is 0 Å². The molecule has 0 spiro atoms. The van der Waals surface area contributed by atoms with Gasteiger partial charge in [-0.3, -0.25) is 4.79 Å². The third kappa shape index (κ3) is 2.57. The van der Waals surface area contributed by atoms with Crippen molar-refractivity contribution in [2.75, 3.05) is 0 Å². The number of rotatable bonds is 3. The zero-order valence-electron chi connectivity index (χ0n) is 12.7. The van der Waals surface area contributed by atoms with Crippen molar-refractivity contribution in [3.8, 4) is 0 Å². The summed E-state index contributed by atoms with van der Waals surface area (Å²) in [5, 5.41) is 7.09. The topological polar surface area (TPSA) is 68.5 Å². The summed E-state index contributed by atoms with van der Waals surface area (Å²) in [7, 11) is 0. The van der Waals surface area contributed by atoms with Crippen LogP contribution < -0.4 is 5.32 Å². The lowest BCUT2D eigenvalue weighted by atomic mass is 10.1. The van der Waals surface area contributed by atoms with Crippen LogP contribution in [-0.4, -0.2) is 20.5 Å². The van der Waals surface area contributed by atoms with E-state index < -0.39 is 0 Å². The molecule has 2 aromatic heterocycles. The van der Waals surface area contributed by atoms with Crippen LogP contribution in [0.25, 0.3) is 5.65 Å². The number of ether oxygens (including phenoxy) is 1. The van der Waals surface area contributed by atoms with Gasteiger partial charge in [-0.1, -0.05) is 18.2 Å². The maximum atomic E-state index is 12.4. The first-order valence-electron chi connectivity index (χ1n) is 7.48. The van der Waals surface area contributed by atoms with Crippen LogP contribution in [0.1, 0.15) is 32.7 Å². The molecule has 0 saturated heterocycles. The van der Waals surface area contributed by atoms with Crippen LogP contribution in [0.5, 0.6) is 0 Å². The number of aromatic nitrogens is 3. The van der Waals surface area contributed by atoms with Crippen molar-refractivity contribution in [3.05, 3.63) is 64.6 Å². The lowest BCUT2D eigenvalue weighted by Gasteiger charge is -2.06. The van der Waals surface area contributed by atoms with Gasteiger partial charge in [0.05, 0.1) is 19.4 Å². The molecular weight excluding hydrogens is 292 g/mol. The maximum Gasteiger partial charge on any atom is 0.257 e. The Labute approximate surface area is 133 Å². The predicted molar refractivity (Wildman–Crippen MR) is 83.8 cm³/mol. The SMILES string of the molecule is Cc1ccn2ncc(C(=O)NCc3ccc4c(c3)COC4)c2n1. The summed E-state index contributed by atoms with van der Waals surface area (Å²) in [6.45, 7) is 3.68. The van der Waals surface area contributed by atoms with E-state index in [2.05, 4.69) is 27.5 Å². The summed E-state index contributed by atoms with van der Waals surface area (Å²) in [6, 6.07) is 8.02. The fraction of sp³-hybridized carbons (Fsp3) is 0.235. The highest BCUT2D eigenvalue weighted by atomic mass is 16.5. The molecule has 1 N–H and O–H groups in total. The number of aryl methyl sites for hydroxylation is 1. The lowest BCUT2D eigenvalue weighted by molar-refractivity contribution is 0.0952. The number of nitrogens with one attached hydrogen (secondary N) is 1. The van der Waals surface area contributed by atoms with Gasteiger partial charge in [0.2, 0.25) is 0 Å². The van der Waals surface area contributed by atoms with Gasteiger partial charge < -0.3 is 10.1 Å². The Kier molecular flexibility index (Phi) is 3.31. The highest BCUT2D eigenvalue weighted by Gasteiger charge is 2.15. The molecule has 0 saturated carbocycles. The zero-order chi connectivity index (χ0) is 15.8. The molecule has 116 valence electrons. The Morgan fingerprint density at radius 2 is 2.17 bits per heavy atom. The molecule has 0 aliphatic carbocycles. The second-order valence-corrected chi connectivity index (χ2v) is 5.67. The minimum atomic E-state index is -0.171. The summed E-state index contributed by atoms with van der Waals surface area (Å²) >= 11 is 0. The van der Waals surface area contributed by atoms with E-state index in [1.165, 1.54) is 11.1 Å². The molecule has 3 aromatic rings. The Morgan fingerprint density at radius 3 is 3.09 bits per heavy atom. The van der Waals surface area contributed by atoms with Crippen molar-refractivity contribution >= 4 is 11.6 Å². The van der Waals surface area contributed by atoms with E-state index in [1.807, 2.05) is 19.1 Å². The van der Waals surface area contributed by atoms with Gasteiger partial charge in [0.1, 0.15) is 5.56 Å². The second-order valence-electron chi connectivity index (χ2n) is 5.67. The van der Waals surface area contributed by atoms with Crippen LogP contribution >= 0.6 is 0 Å². The average molecular weight is 308 g/mol. The largest absolute Gasteiger partial charge is 0.372 e. The van der Waals surface area contributed by atoms with E-state index in [1.54, 1.807) is 16.9 Å². The number of benzene rings is 1. The number of nitrogens with zero attached hydrogens (tertiary/aromatic N) is 3. The second kappa shape index (κ2) is 5.48. The molecule has 1 amide bonds. The summed E-state index contributed by atoms with van der Waals surface area (Å²) in [6.07, 6.45) is 3.35. The Morgan fingerprint density at radius 1 is 1.30 bits per heavy atom. The molecule has 6 nitrogen and oxygen atoms in total. The maximum absolute atomic E-state index is 12.4. The molecule has 3 heterocycles. The van der Waals surface area contributed by atoms with E-state index in [0.717, 1.165) is 11.3 Å². The molecule has 0 unspecified atom stereocenters. The molecule has 1 aromatic carbocycles. The van der Waals surface area contributed by atoms with Crippen molar-refractivity contribution in [3.63, 3.8) is 0 Å². The summed E-state index contributed by atoms with van der Waals surface area (Å²) in [5.74, 6) is -0.171. The highest BCUT2D eigenvalue weighted by molar-refractivity contribution is 5.99. The van der Waals surface area contributed by atoms with E-state index in [0.29, 0.717) is 31.0 Å². The minimum Gasteiger partial charge on any atom is -0.372 e. The third-order valence-corrected chi connectivity index (χ3v) is 3.99.